The number of benzene rings is 2. The Morgan fingerprint density at radius 2 is 1.77 bits per heavy atom. The van der Waals surface area contributed by atoms with Crippen LogP contribution in [0.25, 0.3) is 10.9 Å². The van der Waals surface area contributed by atoms with E-state index in [4.69, 9.17) is 0 Å². The summed E-state index contributed by atoms with van der Waals surface area (Å²) in [5.41, 5.74) is 3.82. The second-order valence-corrected chi connectivity index (χ2v) is 5.60. The van der Waals surface area contributed by atoms with Crippen molar-refractivity contribution in [2.24, 2.45) is 0 Å². The third-order valence-electron chi connectivity index (χ3n) is 3.68. The third kappa shape index (κ3) is 2.96. The molecule has 0 radical (unpaired) electrons. The molecular weight excluding hydrogens is 274 g/mol. The van der Waals surface area contributed by atoms with E-state index in [1.54, 1.807) is 0 Å². The smallest absolute Gasteiger partial charge is 0.323 e. The van der Waals surface area contributed by atoms with Crippen LogP contribution in [-0.4, -0.2) is 11.0 Å². The summed E-state index contributed by atoms with van der Waals surface area (Å²) in [6, 6.07) is 15.4. The van der Waals surface area contributed by atoms with Crippen molar-refractivity contribution in [3.8, 4) is 0 Å². The summed E-state index contributed by atoms with van der Waals surface area (Å²) < 4.78 is 0. The van der Waals surface area contributed by atoms with Crippen molar-refractivity contribution < 1.29 is 4.79 Å². The first-order chi connectivity index (χ1) is 10.6. The molecule has 0 aliphatic rings. The highest BCUT2D eigenvalue weighted by Gasteiger charge is 2.07. The molecule has 2 aromatic carbocycles. The first-order valence-corrected chi connectivity index (χ1v) is 7.37. The summed E-state index contributed by atoms with van der Waals surface area (Å²) in [6.45, 7) is 4.29. The van der Waals surface area contributed by atoms with E-state index in [0.717, 1.165) is 22.3 Å². The normalized spacial score (nSPS) is 10.9. The number of rotatable bonds is 3. The van der Waals surface area contributed by atoms with E-state index in [1.165, 1.54) is 5.56 Å². The topological polar surface area (TPSA) is 56.9 Å². The number of hydrogen-bond donors (Lipinski definition) is 3. The summed E-state index contributed by atoms with van der Waals surface area (Å²) in [6.07, 6.45) is 1.86. The van der Waals surface area contributed by atoms with Gasteiger partial charge in [-0.15, -0.1) is 0 Å². The number of fused-ring (bicyclic) bond motifs is 1. The van der Waals surface area contributed by atoms with Gasteiger partial charge in [-0.2, -0.15) is 0 Å². The highest BCUT2D eigenvalue weighted by Crippen LogP contribution is 2.22. The molecule has 3 aromatic rings. The van der Waals surface area contributed by atoms with Crippen LogP contribution in [0.3, 0.4) is 0 Å². The van der Waals surface area contributed by atoms with Gasteiger partial charge in [-0.3, -0.25) is 0 Å². The maximum absolute atomic E-state index is 12.1. The summed E-state index contributed by atoms with van der Waals surface area (Å²) in [5.74, 6) is 0.481. The molecule has 4 heteroatoms. The van der Waals surface area contributed by atoms with Crippen molar-refractivity contribution in [1.82, 2.24) is 4.98 Å². The average Bonchev–Trinajstić information content (AvgIpc) is 2.97. The molecule has 3 N–H and O–H groups in total. The number of anilines is 2. The second kappa shape index (κ2) is 5.93. The number of nitrogens with one attached hydrogen (secondary N) is 3. The number of carbonyl (C=O) groups is 1. The fourth-order valence-corrected chi connectivity index (χ4v) is 2.43. The van der Waals surface area contributed by atoms with Gasteiger partial charge in [0, 0.05) is 22.8 Å². The van der Waals surface area contributed by atoms with E-state index in [-0.39, 0.29) is 6.03 Å². The number of amides is 2. The summed E-state index contributed by atoms with van der Waals surface area (Å²) in [4.78, 5) is 15.3. The van der Waals surface area contributed by atoms with Crippen LogP contribution in [0.4, 0.5) is 16.2 Å². The molecule has 0 aliphatic carbocycles. The minimum absolute atomic E-state index is 0.244. The molecule has 22 heavy (non-hydrogen) atoms. The maximum atomic E-state index is 12.1. The number of aromatic nitrogens is 1. The molecule has 0 fully saturated rings. The minimum Gasteiger partial charge on any atom is -0.361 e. The zero-order valence-corrected chi connectivity index (χ0v) is 12.7. The molecule has 3 rings (SSSR count). The van der Waals surface area contributed by atoms with Gasteiger partial charge in [0.15, 0.2) is 0 Å². The predicted octanol–water partition coefficient (Wildman–Crippen LogP) is 4.94. The van der Waals surface area contributed by atoms with Crippen molar-refractivity contribution in [2.45, 2.75) is 19.8 Å². The van der Waals surface area contributed by atoms with Gasteiger partial charge >= 0.3 is 6.03 Å². The Bertz CT molecular complexity index is 787. The molecule has 112 valence electrons. The van der Waals surface area contributed by atoms with Gasteiger partial charge in [0.1, 0.15) is 0 Å². The fraction of sp³-hybridized carbons (Fsp3) is 0.167. The maximum Gasteiger partial charge on any atom is 0.323 e. The Hall–Kier alpha value is -2.75. The van der Waals surface area contributed by atoms with E-state index in [1.807, 2.05) is 54.7 Å². The van der Waals surface area contributed by atoms with Gasteiger partial charge in [-0.1, -0.05) is 32.0 Å². The van der Waals surface area contributed by atoms with Crippen LogP contribution in [0, 0.1) is 0 Å². The molecule has 0 atom stereocenters. The number of carbonyl (C=O) groups excluding carboxylic acids is 1. The van der Waals surface area contributed by atoms with Crippen molar-refractivity contribution >= 4 is 28.3 Å². The highest BCUT2D eigenvalue weighted by atomic mass is 16.2. The van der Waals surface area contributed by atoms with Gasteiger partial charge < -0.3 is 15.6 Å². The molecule has 0 unspecified atom stereocenters. The lowest BCUT2D eigenvalue weighted by atomic mass is 10.0. The molecule has 0 saturated carbocycles. The van der Waals surface area contributed by atoms with Gasteiger partial charge in [-0.25, -0.2) is 4.79 Å². The minimum atomic E-state index is -0.244. The number of hydrogen-bond acceptors (Lipinski definition) is 1. The van der Waals surface area contributed by atoms with Crippen LogP contribution in [0.5, 0.6) is 0 Å². The Balaban J connectivity index is 1.71. The van der Waals surface area contributed by atoms with Crippen molar-refractivity contribution in [2.75, 3.05) is 10.6 Å². The SMILES string of the molecule is CC(C)c1ccc(NC(=O)Nc2cccc3[nH]ccc23)cc1. The fourth-order valence-electron chi connectivity index (χ4n) is 2.43. The quantitative estimate of drug-likeness (QED) is 0.629. The third-order valence-corrected chi connectivity index (χ3v) is 3.68. The molecule has 0 spiro atoms. The zero-order chi connectivity index (χ0) is 15.5. The van der Waals surface area contributed by atoms with E-state index in [9.17, 15) is 4.79 Å². The summed E-state index contributed by atoms with van der Waals surface area (Å²) in [7, 11) is 0. The lowest BCUT2D eigenvalue weighted by Crippen LogP contribution is -2.19. The molecular formula is C18H19N3O. The monoisotopic (exact) mass is 293 g/mol. The number of urea groups is 1. The van der Waals surface area contributed by atoms with E-state index in [2.05, 4.69) is 29.5 Å². The molecule has 1 heterocycles. The number of H-pyrrole nitrogens is 1. The molecule has 0 bridgehead atoms. The standard InChI is InChI=1S/C18H19N3O/c1-12(2)13-6-8-14(9-7-13)20-18(22)21-17-5-3-4-16-15(17)10-11-19-16/h3-12,19H,1-2H3,(H2,20,21,22). The first-order valence-electron chi connectivity index (χ1n) is 7.37. The van der Waals surface area contributed by atoms with E-state index in [0.29, 0.717) is 5.92 Å². The predicted molar refractivity (Wildman–Crippen MR) is 91.5 cm³/mol. The highest BCUT2D eigenvalue weighted by molar-refractivity contribution is 6.05. The van der Waals surface area contributed by atoms with E-state index >= 15 is 0 Å². The van der Waals surface area contributed by atoms with Crippen LogP contribution in [0.1, 0.15) is 25.3 Å². The summed E-state index contributed by atoms with van der Waals surface area (Å²) >= 11 is 0. The van der Waals surface area contributed by atoms with Crippen LogP contribution >= 0.6 is 0 Å². The molecule has 1 aromatic heterocycles. The molecule has 2 amide bonds. The van der Waals surface area contributed by atoms with Crippen molar-refractivity contribution in [3.63, 3.8) is 0 Å². The Labute approximate surface area is 129 Å². The molecule has 4 nitrogen and oxygen atoms in total. The molecule has 0 aliphatic heterocycles. The van der Waals surface area contributed by atoms with Gasteiger partial charge in [0.25, 0.3) is 0 Å². The Morgan fingerprint density at radius 1 is 1.00 bits per heavy atom. The lowest BCUT2D eigenvalue weighted by Gasteiger charge is -2.10. The van der Waals surface area contributed by atoms with Gasteiger partial charge in [0.2, 0.25) is 0 Å². The Kier molecular flexibility index (Phi) is 3.83. The van der Waals surface area contributed by atoms with Gasteiger partial charge in [0.05, 0.1) is 5.69 Å². The largest absolute Gasteiger partial charge is 0.361 e. The van der Waals surface area contributed by atoms with Crippen molar-refractivity contribution in [1.29, 1.82) is 0 Å². The van der Waals surface area contributed by atoms with Crippen molar-refractivity contribution in [3.05, 3.63) is 60.3 Å². The van der Waals surface area contributed by atoms with Crippen LogP contribution in [-0.2, 0) is 0 Å². The number of aromatic amines is 1. The Morgan fingerprint density at radius 3 is 2.50 bits per heavy atom. The first kappa shape index (κ1) is 14.2. The van der Waals surface area contributed by atoms with Gasteiger partial charge in [-0.05, 0) is 41.8 Å². The second-order valence-electron chi connectivity index (χ2n) is 5.60. The lowest BCUT2D eigenvalue weighted by molar-refractivity contribution is 0.262. The van der Waals surface area contributed by atoms with Crippen LogP contribution < -0.4 is 10.6 Å². The average molecular weight is 293 g/mol. The van der Waals surface area contributed by atoms with Crippen LogP contribution in [0.2, 0.25) is 0 Å². The summed E-state index contributed by atoms with van der Waals surface area (Å²) in [5, 5.41) is 6.73. The van der Waals surface area contributed by atoms with Crippen LogP contribution in [0.15, 0.2) is 54.7 Å². The zero-order valence-electron chi connectivity index (χ0n) is 12.7. The van der Waals surface area contributed by atoms with E-state index < -0.39 is 0 Å². The molecule has 0 saturated heterocycles.